The molecule has 4 rings (SSSR count). The van der Waals surface area contributed by atoms with Gasteiger partial charge in [-0.15, -0.1) is 0 Å². The molecular weight excluding hydrogens is 411 g/mol. The van der Waals surface area contributed by atoms with Crippen LogP contribution in [-0.2, 0) is 14.3 Å². The lowest BCUT2D eigenvalue weighted by Crippen LogP contribution is -2.45. The molecule has 2 heterocycles. The number of benzene rings is 2. The number of para-hydroxylation sites is 2. The number of nitrogens with one attached hydrogen (secondary N) is 1. The molecule has 1 saturated heterocycles. The van der Waals surface area contributed by atoms with E-state index in [9.17, 15) is 14.0 Å². The maximum Gasteiger partial charge on any atom is 0.294 e. The van der Waals surface area contributed by atoms with Crippen molar-refractivity contribution in [2.45, 2.75) is 18.9 Å². The number of amides is 2. The number of ether oxygens (including phenoxy) is 2. The standard InChI is InChI=1S/C22H20ClFN2O4/c23-16-6-3-7-17(24)15(16)11-20-22(28)26(18-8-1-2-9-19(18)30-20)13-21(27)25-12-14-5-4-10-29-14/h1-3,6-9,11,14H,4-5,10,12-13H2,(H,25,27)/b20-11-. The molecular formula is C22H20ClFN2O4. The van der Waals surface area contributed by atoms with Crippen molar-refractivity contribution < 1.29 is 23.5 Å². The van der Waals surface area contributed by atoms with E-state index < -0.39 is 11.7 Å². The van der Waals surface area contributed by atoms with Crippen molar-refractivity contribution >= 4 is 35.2 Å². The molecule has 30 heavy (non-hydrogen) atoms. The number of rotatable bonds is 5. The van der Waals surface area contributed by atoms with E-state index in [1.165, 1.54) is 29.2 Å². The molecule has 2 aromatic rings. The van der Waals surface area contributed by atoms with Crippen molar-refractivity contribution in [2.24, 2.45) is 0 Å². The van der Waals surface area contributed by atoms with E-state index in [1.807, 2.05) is 0 Å². The highest BCUT2D eigenvalue weighted by Crippen LogP contribution is 2.36. The average molecular weight is 431 g/mol. The number of carbonyl (C=O) groups excluding carboxylic acids is 2. The molecule has 2 aliphatic heterocycles. The zero-order chi connectivity index (χ0) is 21.1. The highest BCUT2D eigenvalue weighted by molar-refractivity contribution is 6.32. The van der Waals surface area contributed by atoms with Crippen molar-refractivity contribution in [1.82, 2.24) is 5.32 Å². The Morgan fingerprint density at radius 1 is 1.27 bits per heavy atom. The summed E-state index contributed by atoms with van der Waals surface area (Å²) in [6.07, 6.45) is 3.13. The third-order valence-electron chi connectivity index (χ3n) is 4.96. The van der Waals surface area contributed by atoms with Crippen molar-refractivity contribution in [3.63, 3.8) is 0 Å². The molecule has 156 valence electrons. The van der Waals surface area contributed by atoms with E-state index in [0.717, 1.165) is 12.8 Å². The van der Waals surface area contributed by atoms with Crippen LogP contribution in [0, 0.1) is 5.82 Å². The van der Waals surface area contributed by atoms with Crippen molar-refractivity contribution in [3.05, 3.63) is 64.6 Å². The fraction of sp³-hybridized carbons (Fsp3) is 0.273. The molecule has 2 amide bonds. The van der Waals surface area contributed by atoms with Gasteiger partial charge in [-0.3, -0.25) is 14.5 Å². The fourth-order valence-electron chi connectivity index (χ4n) is 3.43. The predicted molar refractivity (Wildman–Crippen MR) is 111 cm³/mol. The molecule has 2 aliphatic rings. The number of carbonyl (C=O) groups is 2. The molecule has 2 aromatic carbocycles. The van der Waals surface area contributed by atoms with Crippen LogP contribution in [0.4, 0.5) is 10.1 Å². The van der Waals surface area contributed by atoms with Gasteiger partial charge in [0.25, 0.3) is 5.91 Å². The van der Waals surface area contributed by atoms with Crippen LogP contribution in [0.5, 0.6) is 5.75 Å². The Morgan fingerprint density at radius 3 is 2.87 bits per heavy atom. The Bertz CT molecular complexity index is 984. The van der Waals surface area contributed by atoms with Gasteiger partial charge in [-0.05, 0) is 43.2 Å². The van der Waals surface area contributed by atoms with Gasteiger partial charge in [0.05, 0.1) is 16.8 Å². The van der Waals surface area contributed by atoms with Crippen LogP contribution in [0.25, 0.3) is 6.08 Å². The lowest BCUT2D eigenvalue weighted by molar-refractivity contribution is -0.123. The zero-order valence-corrected chi connectivity index (χ0v) is 16.8. The van der Waals surface area contributed by atoms with Gasteiger partial charge >= 0.3 is 0 Å². The number of hydrogen-bond donors (Lipinski definition) is 1. The molecule has 0 radical (unpaired) electrons. The summed E-state index contributed by atoms with van der Waals surface area (Å²) in [4.78, 5) is 26.9. The normalized spacial score (nSPS) is 19.5. The molecule has 0 saturated carbocycles. The highest BCUT2D eigenvalue weighted by Gasteiger charge is 2.32. The first-order chi connectivity index (χ1) is 14.5. The zero-order valence-electron chi connectivity index (χ0n) is 16.1. The van der Waals surface area contributed by atoms with E-state index in [1.54, 1.807) is 24.3 Å². The van der Waals surface area contributed by atoms with Crippen LogP contribution in [0.1, 0.15) is 18.4 Å². The third kappa shape index (κ3) is 4.32. The lowest BCUT2D eigenvalue weighted by atomic mass is 10.1. The predicted octanol–water partition coefficient (Wildman–Crippen LogP) is 3.54. The van der Waals surface area contributed by atoms with Gasteiger partial charge < -0.3 is 14.8 Å². The van der Waals surface area contributed by atoms with Crippen LogP contribution >= 0.6 is 11.6 Å². The van der Waals surface area contributed by atoms with E-state index in [0.29, 0.717) is 24.6 Å². The van der Waals surface area contributed by atoms with Crippen molar-refractivity contribution in [1.29, 1.82) is 0 Å². The molecule has 6 nitrogen and oxygen atoms in total. The summed E-state index contributed by atoms with van der Waals surface area (Å²) in [6.45, 7) is 0.892. The maximum absolute atomic E-state index is 14.2. The van der Waals surface area contributed by atoms with Gasteiger partial charge in [0.1, 0.15) is 12.4 Å². The molecule has 1 unspecified atom stereocenters. The largest absolute Gasteiger partial charge is 0.449 e. The van der Waals surface area contributed by atoms with Crippen molar-refractivity contribution in [2.75, 3.05) is 24.6 Å². The quantitative estimate of drug-likeness (QED) is 0.737. The monoisotopic (exact) mass is 430 g/mol. The molecule has 0 bridgehead atoms. The molecule has 1 N–H and O–H groups in total. The number of anilines is 1. The Hall–Kier alpha value is -2.90. The summed E-state index contributed by atoms with van der Waals surface area (Å²) >= 11 is 6.08. The minimum absolute atomic E-state index is 0.000261. The molecule has 0 spiro atoms. The minimum atomic E-state index is -0.578. The first kappa shape index (κ1) is 20.4. The fourth-order valence-corrected chi connectivity index (χ4v) is 3.65. The smallest absolute Gasteiger partial charge is 0.294 e. The second kappa shape index (κ2) is 8.85. The van der Waals surface area contributed by atoms with E-state index >= 15 is 0 Å². The van der Waals surface area contributed by atoms with Crippen LogP contribution in [0.2, 0.25) is 5.02 Å². The van der Waals surface area contributed by atoms with Gasteiger partial charge in [-0.2, -0.15) is 0 Å². The van der Waals surface area contributed by atoms with Gasteiger partial charge in [0, 0.05) is 18.7 Å². The maximum atomic E-state index is 14.2. The summed E-state index contributed by atoms with van der Waals surface area (Å²) in [5.41, 5.74) is 0.510. The molecule has 1 fully saturated rings. The Balaban J connectivity index is 1.58. The van der Waals surface area contributed by atoms with Crippen LogP contribution < -0.4 is 15.0 Å². The summed E-state index contributed by atoms with van der Waals surface area (Å²) < 4.78 is 25.4. The lowest BCUT2D eigenvalue weighted by Gasteiger charge is -2.30. The van der Waals surface area contributed by atoms with Gasteiger partial charge in [-0.1, -0.05) is 29.8 Å². The first-order valence-corrected chi connectivity index (χ1v) is 10.0. The summed E-state index contributed by atoms with van der Waals surface area (Å²) in [5.74, 6) is -1.18. The first-order valence-electron chi connectivity index (χ1n) is 9.65. The Kier molecular flexibility index (Phi) is 6.01. The summed E-state index contributed by atoms with van der Waals surface area (Å²) in [5, 5.41) is 2.96. The number of nitrogens with zero attached hydrogens (tertiary/aromatic N) is 1. The molecule has 0 aliphatic carbocycles. The second-order valence-electron chi connectivity index (χ2n) is 7.04. The molecule has 8 heteroatoms. The van der Waals surface area contributed by atoms with Crippen LogP contribution in [0.15, 0.2) is 48.2 Å². The number of halogens is 2. The van der Waals surface area contributed by atoms with Gasteiger partial charge in [-0.25, -0.2) is 4.39 Å². The van der Waals surface area contributed by atoms with Crippen molar-refractivity contribution in [3.8, 4) is 5.75 Å². The van der Waals surface area contributed by atoms with E-state index in [-0.39, 0.29) is 34.9 Å². The SMILES string of the molecule is O=C(CN1C(=O)/C(=C/c2c(F)cccc2Cl)Oc2ccccc21)NCC1CCCO1. The number of hydrogen-bond acceptors (Lipinski definition) is 4. The topological polar surface area (TPSA) is 67.9 Å². The van der Waals surface area contributed by atoms with Gasteiger partial charge in [0.15, 0.2) is 11.5 Å². The highest BCUT2D eigenvalue weighted by atomic mass is 35.5. The number of fused-ring (bicyclic) bond motifs is 1. The summed E-state index contributed by atoms with van der Waals surface area (Å²) in [6, 6.07) is 11.1. The van der Waals surface area contributed by atoms with Crippen LogP contribution in [0.3, 0.4) is 0 Å². The summed E-state index contributed by atoms with van der Waals surface area (Å²) in [7, 11) is 0. The van der Waals surface area contributed by atoms with E-state index in [2.05, 4.69) is 5.32 Å². The minimum Gasteiger partial charge on any atom is -0.449 e. The van der Waals surface area contributed by atoms with E-state index in [4.69, 9.17) is 21.1 Å². The molecule has 1 atom stereocenters. The molecule has 0 aromatic heterocycles. The Morgan fingerprint density at radius 2 is 2.10 bits per heavy atom. The van der Waals surface area contributed by atoms with Gasteiger partial charge in [0.2, 0.25) is 5.91 Å². The second-order valence-corrected chi connectivity index (χ2v) is 7.45. The van der Waals surface area contributed by atoms with Crippen LogP contribution in [-0.4, -0.2) is 37.6 Å². The average Bonchev–Trinajstić information content (AvgIpc) is 3.26. The third-order valence-corrected chi connectivity index (χ3v) is 5.29. The Labute approximate surface area is 178 Å².